The topological polar surface area (TPSA) is 18.5 Å². The highest BCUT2D eigenvalue weighted by Crippen LogP contribution is 2.39. The van der Waals surface area contributed by atoms with Crippen LogP contribution in [0.1, 0.15) is 54.9 Å². The van der Waals surface area contributed by atoms with E-state index in [1.165, 1.54) is 0 Å². The van der Waals surface area contributed by atoms with Gasteiger partial charge in [-0.3, -0.25) is 0 Å². The van der Waals surface area contributed by atoms with Crippen LogP contribution >= 0.6 is 0 Å². The highest BCUT2D eigenvalue weighted by Gasteiger charge is 2.40. The average molecular weight is 345 g/mol. The quantitative estimate of drug-likeness (QED) is 0.395. The molecule has 0 aliphatic heterocycles. The molecule has 0 N–H and O–H groups in total. The summed E-state index contributed by atoms with van der Waals surface area (Å²) in [7, 11) is -3.44. The van der Waals surface area contributed by atoms with Gasteiger partial charge < -0.3 is 8.85 Å². The summed E-state index contributed by atoms with van der Waals surface area (Å²) in [6.45, 7) is 29.9. The summed E-state index contributed by atoms with van der Waals surface area (Å²) in [5.74, 6) is 0. The number of hydrogen-bond acceptors (Lipinski definition) is 2. The Labute approximate surface area is 141 Å². The first-order valence-corrected chi connectivity index (χ1v) is 14.3. The fourth-order valence-electron chi connectivity index (χ4n) is 1.58. The summed E-state index contributed by atoms with van der Waals surface area (Å²) >= 11 is 0. The Morgan fingerprint density at radius 3 is 1.64 bits per heavy atom. The fourth-order valence-corrected chi connectivity index (χ4v) is 4.02. The van der Waals surface area contributed by atoms with E-state index in [9.17, 15) is 0 Å². The van der Waals surface area contributed by atoms with Gasteiger partial charge in [-0.1, -0.05) is 53.7 Å². The molecule has 0 spiro atoms. The van der Waals surface area contributed by atoms with E-state index in [0.717, 1.165) is 18.6 Å². The largest absolute Gasteiger partial charge is 0.417 e. The molecule has 1 atom stereocenters. The Bertz CT molecular complexity index is 374. The zero-order chi connectivity index (χ0) is 18.0. The predicted molar refractivity (Wildman–Crippen MR) is 105 cm³/mol. The molecule has 132 valence electrons. The Hall–Kier alpha value is 0.0938. The van der Waals surface area contributed by atoms with Crippen molar-refractivity contribution >= 4 is 16.6 Å². The van der Waals surface area contributed by atoms with Crippen molar-refractivity contribution < 1.29 is 8.85 Å². The van der Waals surface area contributed by atoms with Gasteiger partial charge in [0.25, 0.3) is 0 Å². The third kappa shape index (κ3) is 6.30. The van der Waals surface area contributed by atoms with Crippen LogP contribution in [0.4, 0.5) is 0 Å². The van der Waals surface area contributed by atoms with E-state index in [1.54, 1.807) is 0 Å². The van der Waals surface area contributed by atoms with Crippen LogP contribution in [0.2, 0.25) is 36.3 Å². The lowest BCUT2D eigenvalue weighted by atomic mass is 10.1. The normalized spacial score (nSPS) is 15.8. The summed E-state index contributed by atoms with van der Waals surface area (Å²) in [5.41, 5.74) is 1.11. The van der Waals surface area contributed by atoms with Crippen molar-refractivity contribution in [2.75, 3.05) is 6.61 Å². The van der Waals surface area contributed by atoms with Gasteiger partial charge in [-0.2, -0.15) is 0 Å². The van der Waals surface area contributed by atoms with Crippen molar-refractivity contribution in [3.05, 3.63) is 12.2 Å². The molecule has 22 heavy (non-hydrogen) atoms. The molecule has 0 bridgehead atoms. The van der Waals surface area contributed by atoms with Crippen LogP contribution in [0.5, 0.6) is 0 Å². The summed E-state index contributed by atoms with van der Waals surface area (Å²) in [5, 5.41) is 0.479. The average Bonchev–Trinajstić information content (AvgIpc) is 2.23. The minimum atomic E-state index is -1.77. The van der Waals surface area contributed by atoms with Gasteiger partial charge in [0.1, 0.15) is 0 Å². The van der Waals surface area contributed by atoms with E-state index in [-0.39, 0.29) is 16.2 Å². The molecule has 0 radical (unpaired) electrons. The van der Waals surface area contributed by atoms with Gasteiger partial charge in [-0.05, 0) is 49.6 Å². The molecule has 2 nitrogen and oxygen atoms in total. The standard InChI is InChI=1S/C18H40O2Si2/c1-15(2)16(20-22(11,12)18(6,7)8)13-14-19-21(9,10)17(3,4)5/h16H,1,13-14H2,2-12H3. The molecule has 0 aliphatic rings. The van der Waals surface area contributed by atoms with Gasteiger partial charge in [0, 0.05) is 6.61 Å². The molecule has 0 aromatic carbocycles. The molecule has 0 aromatic heterocycles. The maximum absolute atomic E-state index is 6.54. The Balaban J connectivity index is 4.74. The van der Waals surface area contributed by atoms with E-state index in [2.05, 4.69) is 81.2 Å². The first-order valence-electron chi connectivity index (χ1n) is 8.48. The fraction of sp³-hybridized carbons (Fsp3) is 0.889. The van der Waals surface area contributed by atoms with E-state index in [4.69, 9.17) is 8.85 Å². The molecule has 0 saturated heterocycles. The van der Waals surface area contributed by atoms with Gasteiger partial charge in [0.2, 0.25) is 0 Å². The first kappa shape index (κ1) is 22.1. The maximum Gasteiger partial charge on any atom is 0.192 e. The monoisotopic (exact) mass is 344 g/mol. The Kier molecular flexibility index (Phi) is 7.36. The zero-order valence-corrected chi connectivity index (χ0v) is 19.0. The zero-order valence-electron chi connectivity index (χ0n) is 17.0. The second-order valence-corrected chi connectivity index (χ2v) is 19.2. The Morgan fingerprint density at radius 1 is 0.909 bits per heavy atom. The van der Waals surface area contributed by atoms with E-state index >= 15 is 0 Å². The number of rotatable bonds is 7. The molecular weight excluding hydrogens is 304 g/mol. The van der Waals surface area contributed by atoms with Crippen LogP contribution in [-0.4, -0.2) is 29.3 Å². The third-order valence-electron chi connectivity index (χ3n) is 5.44. The molecule has 0 saturated carbocycles. The van der Waals surface area contributed by atoms with Crippen LogP contribution < -0.4 is 0 Å². The molecule has 0 amide bonds. The van der Waals surface area contributed by atoms with E-state index in [0.29, 0.717) is 0 Å². The SMILES string of the molecule is C=C(C)C(CCO[Si](C)(C)C(C)(C)C)O[Si](C)(C)C(C)(C)C. The highest BCUT2D eigenvalue weighted by atomic mass is 28.4. The molecule has 0 rings (SSSR count). The maximum atomic E-state index is 6.54. The van der Waals surface area contributed by atoms with Gasteiger partial charge in [-0.25, -0.2) is 0 Å². The van der Waals surface area contributed by atoms with Crippen molar-refractivity contribution in [1.82, 2.24) is 0 Å². The van der Waals surface area contributed by atoms with Crippen molar-refractivity contribution in [3.8, 4) is 0 Å². The summed E-state index contributed by atoms with van der Waals surface area (Å²) in [6.07, 6.45) is 1.03. The highest BCUT2D eigenvalue weighted by molar-refractivity contribution is 6.74. The lowest BCUT2D eigenvalue weighted by Crippen LogP contribution is -2.45. The minimum Gasteiger partial charge on any atom is -0.417 e. The predicted octanol–water partition coefficient (Wildman–Crippen LogP) is 6.36. The molecule has 0 aromatic rings. The lowest BCUT2D eigenvalue weighted by Gasteiger charge is -2.40. The smallest absolute Gasteiger partial charge is 0.192 e. The first-order chi connectivity index (χ1) is 9.51. The number of hydrogen-bond donors (Lipinski definition) is 0. The molecule has 0 heterocycles. The molecule has 1 unspecified atom stereocenters. The van der Waals surface area contributed by atoms with Crippen molar-refractivity contribution in [2.24, 2.45) is 0 Å². The summed E-state index contributed by atoms with van der Waals surface area (Å²) in [6, 6.07) is 0. The van der Waals surface area contributed by atoms with Gasteiger partial charge in [0.05, 0.1) is 6.10 Å². The third-order valence-corrected chi connectivity index (χ3v) is 14.5. The van der Waals surface area contributed by atoms with Gasteiger partial charge in [0.15, 0.2) is 16.6 Å². The Morgan fingerprint density at radius 2 is 1.32 bits per heavy atom. The lowest BCUT2D eigenvalue weighted by molar-refractivity contribution is 0.168. The second-order valence-electron chi connectivity index (χ2n) is 9.61. The van der Waals surface area contributed by atoms with Crippen molar-refractivity contribution in [3.63, 3.8) is 0 Å². The summed E-state index contributed by atoms with van der Waals surface area (Å²) in [4.78, 5) is 0. The van der Waals surface area contributed by atoms with Gasteiger partial charge >= 0.3 is 0 Å². The molecular formula is C18H40O2Si2. The molecule has 0 fully saturated rings. The van der Waals surface area contributed by atoms with Crippen LogP contribution in [0.3, 0.4) is 0 Å². The van der Waals surface area contributed by atoms with Gasteiger partial charge in [-0.15, -0.1) is 0 Å². The molecule has 0 aliphatic carbocycles. The van der Waals surface area contributed by atoms with E-state index < -0.39 is 16.6 Å². The summed E-state index contributed by atoms with van der Waals surface area (Å²) < 4.78 is 12.8. The second kappa shape index (κ2) is 7.33. The van der Waals surface area contributed by atoms with Crippen molar-refractivity contribution in [1.29, 1.82) is 0 Å². The molecule has 4 heteroatoms. The van der Waals surface area contributed by atoms with Crippen LogP contribution in [-0.2, 0) is 8.85 Å². The van der Waals surface area contributed by atoms with Crippen LogP contribution in [0, 0.1) is 0 Å². The van der Waals surface area contributed by atoms with E-state index in [1.807, 2.05) is 0 Å². The van der Waals surface area contributed by atoms with Crippen LogP contribution in [0.25, 0.3) is 0 Å². The van der Waals surface area contributed by atoms with Crippen LogP contribution in [0.15, 0.2) is 12.2 Å². The van der Waals surface area contributed by atoms with Crippen molar-refractivity contribution in [2.45, 2.75) is 97.3 Å². The minimum absolute atomic E-state index is 0.116.